The summed E-state index contributed by atoms with van der Waals surface area (Å²) in [6, 6.07) is 0.714. The molecule has 1 aliphatic rings. The van der Waals surface area contributed by atoms with Gasteiger partial charge in [-0.1, -0.05) is 26.7 Å². The molecule has 0 heterocycles. The van der Waals surface area contributed by atoms with Gasteiger partial charge in [0.25, 0.3) is 0 Å². The highest BCUT2D eigenvalue weighted by Crippen LogP contribution is 2.35. The fourth-order valence-electron chi connectivity index (χ4n) is 2.99. The average molecular weight is 221 g/mol. The molecule has 0 aromatic heterocycles. The van der Waals surface area contributed by atoms with Crippen molar-refractivity contribution < 1.29 is 0 Å². The lowest BCUT2D eigenvalue weighted by atomic mass is 9.87. The zero-order valence-corrected chi connectivity index (χ0v) is 11.0. The van der Waals surface area contributed by atoms with Gasteiger partial charge < -0.3 is 5.32 Å². The largest absolute Gasteiger partial charge is 0.314 e. The van der Waals surface area contributed by atoms with Gasteiger partial charge in [0.1, 0.15) is 0 Å². The fraction of sp³-hybridized carbons (Fsp3) is 0.867. The molecular weight excluding hydrogens is 194 g/mol. The van der Waals surface area contributed by atoms with E-state index in [9.17, 15) is 0 Å². The van der Waals surface area contributed by atoms with E-state index in [-0.39, 0.29) is 0 Å². The molecule has 3 atom stereocenters. The van der Waals surface area contributed by atoms with Gasteiger partial charge >= 0.3 is 0 Å². The molecule has 0 radical (unpaired) electrons. The normalized spacial score (nSPS) is 26.6. The molecular formula is C15H27N. The van der Waals surface area contributed by atoms with Gasteiger partial charge in [-0.3, -0.25) is 0 Å². The first-order chi connectivity index (χ1) is 7.79. The Kier molecular flexibility index (Phi) is 6.57. The summed E-state index contributed by atoms with van der Waals surface area (Å²) in [7, 11) is 0. The Morgan fingerprint density at radius 2 is 2.25 bits per heavy atom. The zero-order valence-electron chi connectivity index (χ0n) is 11.0. The highest BCUT2D eigenvalue weighted by atomic mass is 14.9. The molecule has 1 N–H and O–H groups in total. The van der Waals surface area contributed by atoms with Crippen LogP contribution in [0.1, 0.15) is 58.8 Å². The van der Waals surface area contributed by atoms with Gasteiger partial charge in [0.15, 0.2) is 0 Å². The molecule has 0 spiro atoms. The summed E-state index contributed by atoms with van der Waals surface area (Å²) >= 11 is 0. The number of hydrogen-bond donors (Lipinski definition) is 1. The molecule has 0 saturated heterocycles. The lowest BCUT2D eigenvalue weighted by Crippen LogP contribution is -2.37. The van der Waals surface area contributed by atoms with Gasteiger partial charge in [-0.2, -0.15) is 0 Å². The number of rotatable bonds is 7. The van der Waals surface area contributed by atoms with Crippen molar-refractivity contribution in [1.29, 1.82) is 0 Å². The second-order valence-electron chi connectivity index (χ2n) is 5.23. The number of hydrogen-bond acceptors (Lipinski definition) is 1. The maximum Gasteiger partial charge on any atom is 0.00981 e. The van der Waals surface area contributed by atoms with Crippen LogP contribution >= 0.6 is 0 Å². The van der Waals surface area contributed by atoms with Crippen molar-refractivity contribution in [2.24, 2.45) is 11.8 Å². The molecule has 92 valence electrons. The summed E-state index contributed by atoms with van der Waals surface area (Å²) in [6.45, 7) is 5.81. The second kappa shape index (κ2) is 7.74. The summed E-state index contributed by atoms with van der Waals surface area (Å²) in [5, 5.41) is 3.73. The minimum Gasteiger partial charge on any atom is -0.314 e. The molecule has 16 heavy (non-hydrogen) atoms. The van der Waals surface area contributed by atoms with Gasteiger partial charge in [-0.05, 0) is 44.1 Å². The molecule has 3 unspecified atom stereocenters. The van der Waals surface area contributed by atoms with Crippen molar-refractivity contribution in [3.63, 3.8) is 0 Å². The van der Waals surface area contributed by atoms with Crippen molar-refractivity contribution >= 4 is 0 Å². The van der Waals surface area contributed by atoms with Crippen LogP contribution in [0.25, 0.3) is 0 Å². The Bertz CT molecular complexity index is 216. The van der Waals surface area contributed by atoms with E-state index in [0.717, 1.165) is 24.8 Å². The molecule has 1 heteroatoms. The van der Waals surface area contributed by atoms with Crippen LogP contribution in [0.4, 0.5) is 0 Å². The van der Waals surface area contributed by atoms with Gasteiger partial charge in [-0.25, -0.2) is 0 Å². The van der Waals surface area contributed by atoms with Crippen molar-refractivity contribution in [1.82, 2.24) is 5.32 Å². The van der Waals surface area contributed by atoms with E-state index < -0.39 is 0 Å². The number of unbranched alkanes of at least 4 members (excludes halogenated alkanes) is 1. The minimum atomic E-state index is 0.714. The monoisotopic (exact) mass is 221 g/mol. The van der Waals surface area contributed by atoms with E-state index in [0.29, 0.717) is 6.04 Å². The number of nitrogens with one attached hydrogen (secondary N) is 1. The topological polar surface area (TPSA) is 12.0 Å². The molecule has 1 rings (SSSR count). The third-order valence-electron chi connectivity index (χ3n) is 3.94. The van der Waals surface area contributed by atoms with Crippen molar-refractivity contribution in [2.45, 2.75) is 64.8 Å². The SMILES string of the molecule is C#CCCCC(NCCC)C1CCCC1C. The first-order valence-corrected chi connectivity index (χ1v) is 6.96. The summed E-state index contributed by atoms with van der Waals surface area (Å²) in [4.78, 5) is 0. The maximum atomic E-state index is 5.33. The Hall–Kier alpha value is -0.480. The third kappa shape index (κ3) is 4.18. The summed E-state index contributed by atoms with van der Waals surface area (Å²) in [5.41, 5.74) is 0. The van der Waals surface area contributed by atoms with E-state index in [4.69, 9.17) is 6.42 Å². The number of terminal acetylenes is 1. The Balaban J connectivity index is 2.39. The standard InChI is InChI=1S/C15H27N/c1-4-6-7-11-15(16-12-5-2)14-10-8-9-13(14)3/h1,13-16H,5-12H2,2-3H3. The van der Waals surface area contributed by atoms with E-state index in [1.165, 1.54) is 38.5 Å². The highest BCUT2D eigenvalue weighted by molar-refractivity contribution is 4.88. The molecule has 1 saturated carbocycles. The molecule has 1 fully saturated rings. The smallest absolute Gasteiger partial charge is 0.00981 e. The van der Waals surface area contributed by atoms with Gasteiger partial charge in [0.2, 0.25) is 0 Å². The fourth-order valence-corrected chi connectivity index (χ4v) is 2.99. The molecule has 0 aromatic rings. The molecule has 1 aliphatic carbocycles. The van der Waals surface area contributed by atoms with Crippen LogP contribution < -0.4 is 5.32 Å². The summed E-state index contributed by atoms with van der Waals surface area (Å²) < 4.78 is 0. The lowest BCUT2D eigenvalue weighted by molar-refractivity contribution is 0.281. The first kappa shape index (κ1) is 13.6. The predicted octanol–water partition coefficient (Wildman–Crippen LogP) is 3.59. The Morgan fingerprint density at radius 1 is 1.44 bits per heavy atom. The van der Waals surface area contributed by atoms with Crippen LogP contribution in [0.2, 0.25) is 0 Å². The minimum absolute atomic E-state index is 0.714. The van der Waals surface area contributed by atoms with E-state index in [1.54, 1.807) is 0 Å². The Labute approximate surface area is 101 Å². The van der Waals surface area contributed by atoms with Gasteiger partial charge in [0, 0.05) is 12.5 Å². The third-order valence-corrected chi connectivity index (χ3v) is 3.94. The summed E-state index contributed by atoms with van der Waals surface area (Å²) in [5.74, 6) is 4.55. The first-order valence-electron chi connectivity index (χ1n) is 6.96. The summed E-state index contributed by atoms with van der Waals surface area (Å²) in [6.07, 6.45) is 14.2. The van der Waals surface area contributed by atoms with E-state index >= 15 is 0 Å². The Morgan fingerprint density at radius 3 is 2.81 bits per heavy atom. The van der Waals surface area contributed by atoms with Crippen molar-refractivity contribution in [2.75, 3.05) is 6.54 Å². The lowest BCUT2D eigenvalue weighted by Gasteiger charge is -2.28. The van der Waals surface area contributed by atoms with Crippen LogP contribution in [-0.4, -0.2) is 12.6 Å². The molecule has 0 aromatic carbocycles. The molecule has 0 aliphatic heterocycles. The second-order valence-corrected chi connectivity index (χ2v) is 5.23. The van der Waals surface area contributed by atoms with Crippen LogP contribution in [0.5, 0.6) is 0 Å². The molecule has 0 amide bonds. The quantitative estimate of drug-likeness (QED) is 0.512. The van der Waals surface area contributed by atoms with Crippen LogP contribution in [-0.2, 0) is 0 Å². The van der Waals surface area contributed by atoms with Crippen molar-refractivity contribution in [3.8, 4) is 12.3 Å². The van der Waals surface area contributed by atoms with Gasteiger partial charge in [0.05, 0.1) is 0 Å². The molecule has 0 bridgehead atoms. The van der Waals surface area contributed by atoms with Crippen LogP contribution in [0, 0.1) is 24.2 Å². The molecule has 1 nitrogen and oxygen atoms in total. The van der Waals surface area contributed by atoms with Crippen molar-refractivity contribution in [3.05, 3.63) is 0 Å². The van der Waals surface area contributed by atoms with E-state index in [2.05, 4.69) is 25.1 Å². The zero-order chi connectivity index (χ0) is 11.8. The predicted molar refractivity (Wildman–Crippen MR) is 71.3 cm³/mol. The van der Waals surface area contributed by atoms with Crippen LogP contribution in [0.15, 0.2) is 0 Å². The van der Waals surface area contributed by atoms with Crippen LogP contribution in [0.3, 0.4) is 0 Å². The van der Waals surface area contributed by atoms with Gasteiger partial charge in [-0.15, -0.1) is 12.3 Å². The average Bonchev–Trinajstić information content (AvgIpc) is 2.70. The van der Waals surface area contributed by atoms with E-state index in [1.807, 2.05) is 0 Å². The highest BCUT2D eigenvalue weighted by Gasteiger charge is 2.29. The maximum absolute atomic E-state index is 5.33.